The number of likely N-dealkylation sites (N-methyl/N-ethyl adjacent to an activating group) is 1. The quantitative estimate of drug-likeness (QED) is 0.595. The van der Waals surface area contributed by atoms with Crippen LogP contribution in [-0.4, -0.2) is 42.3 Å². The van der Waals surface area contributed by atoms with E-state index in [-0.39, 0.29) is 12.1 Å². The van der Waals surface area contributed by atoms with Crippen molar-refractivity contribution >= 4 is 18.0 Å². The number of carbonyl (C=O) groups is 2. The lowest BCUT2D eigenvalue weighted by Crippen LogP contribution is -2.78. The Morgan fingerprint density at radius 3 is 2.67 bits per heavy atom. The molecule has 0 aromatic heterocycles. The van der Waals surface area contributed by atoms with E-state index in [0.717, 1.165) is 10.5 Å². The monoisotopic (exact) mass is 287 g/mol. The molecule has 3 rings (SSSR count). The lowest BCUT2D eigenvalue weighted by Gasteiger charge is -2.42. The van der Waals surface area contributed by atoms with Crippen LogP contribution in [0.15, 0.2) is 36.4 Å². The molecule has 3 unspecified atom stereocenters. The maximum Gasteiger partial charge on any atom is 0.325 e. The van der Waals surface area contributed by atoms with Gasteiger partial charge in [-0.2, -0.15) is 0 Å². The molecule has 110 valence electrons. The van der Waals surface area contributed by atoms with Crippen LogP contribution in [-0.2, 0) is 4.79 Å². The second-order valence-electron chi connectivity index (χ2n) is 5.00. The standard InChI is InChI=1S/C14H17N5O2/c1-19-13(20)11-12(16-14(19)21)18-17-10(15-11)8-7-9-5-3-2-4-6-9/h2-8,10-12,15,17-18H,1H3,(H,16,21)/b8-7+. The third kappa shape index (κ3) is 2.80. The Kier molecular flexibility index (Phi) is 3.70. The molecule has 0 spiro atoms. The van der Waals surface area contributed by atoms with E-state index in [4.69, 9.17) is 0 Å². The third-order valence-electron chi connectivity index (χ3n) is 3.55. The summed E-state index contributed by atoms with van der Waals surface area (Å²) < 4.78 is 0. The molecule has 3 amide bonds. The molecule has 4 N–H and O–H groups in total. The molecule has 0 bridgehead atoms. The van der Waals surface area contributed by atoms with E-state index in [1.165, 1.54) is 7.05 Å². The molecule has 0 saturated carbocycles. The van der Waals surface area contributed by atoms with Crippen LogP contribution in [0.4, 0.5) is 4.79 Å². The van der Waals surface area contributed by atoms with Gasteiger partial charge in [0.1, 0.15) is 12.2 Å². The Balaban J connectivity index is 1.68. The molecule has 0 radical (unpaired) electrons. The first-order chi connectivity index (χ1) is 10.1. The van der Waals surface area contributed by atoms with E-state index in [2.05, 4.69) is 21.5 Å². The van der Waals surface area contributed by atoms with Crippen LogP contribution < -0.4 is 21.5 Å². The van der Waals surface area contributed by atoms with E-state index in [1.807, 2.05) is 42.5 Å². The molecular weight excluding hydrogens is 270 g/mol. The minimum absolute atomic E-state index is 0.209. The van der Waals surface area contributed by atoms with Crippen LogP contribution in [0.1, 0.15) is 5.56 Å². The van der Waals surface area contributed by atoms with Gasteiger partial charge in [0.2, 0.25) is 0 Å². The topological polar surface area (TPSA) is 85.5 Å². The number of hydrazine groups is 1. The lowest BCUT2D eigenvalue weighted by atomic mass is 10.1. The van der Waals surface area contributed by atoms with Gasteiger partial charge in [-0.3, -0.25) is 15.0 Å². The first-order valence-corrected chi connectivity index (χ1v) is 6.73. The smallest absolute Gasteiger partial charge is 0.319 e. The number of rotatable bonds is 2. The van der Waals surface area contributed by atoms with Gasteiger partial charge in [-0.1, -0.05) is 42.5 Å². The van der Waals surface area contributed by atoms with Crippen molar-refractivity contribution in [3.63, 3.8) is 0 Å². The molecule has 1 aromatic rings. The van der Waals surface area contributed by atoms with Crippen molar-refractivity contribution in [1.29, 1.82) is 0 Å². The zero-order chi connectivity index (χ0) is 14.8. The van der Waals surface area contributed by atoms with E-state index in [0.29, 0.717) is 0 Å². The number of fused-ring (bicyclic) bond motifs is 1. The predicted molar refractivity (Wildman–Crippen MR) is 77.5 cm³/mol. The first kappa shape index (κ1) is 13.7. The van der Waals surface area contributed by atoms with Crippen molar-refractivity contribution in [2.45, 2.75) is 18.4 Å². The van der Waals surface area contributed by atoms with Crippen molar-refractivity contribution in [2.75, 3.05) is 7.05 Å². The number of nitrogens with zero attached hydrogens (tertiary/aromatic N) is 1. The van der Waals surface area contributed by atoms with Crippen LogP contribution >= 0.6 is 0 Å². The Labute approximate surface area is 122 Å². The number of benzene rings is 1. The number of amides is 3. The zero-order valence-corrected chi connectivity index (χ0v) is 11.5. The van der Waals surface area contributed by atoms with E-state index in [1.54, 1.807) is 0 Å². The molecule has 2 aliphatic rings. The molecule has 1 aromatic carbocycles. The molecule has 21 heavy (non-hydrogen) atoms. The zero-order valence-electron chi connectivity index (χ0n) is 11.5. The Morgan fingerprint density at radius 1 is 1.14 bits per heavy atom. The van der Waals surface area contributed by atoms with Crippen molar-refractivity contribution in [3.05, 3.63) is 42.0 Å². The summed E-state index contributed by atoms with van der Waals surface area (Å²) in [5.41, 5.74) is 7.03. The fraction of sp³-hybridized carbons (Fsp3) is 0.286. The van der Waals surface area contributed by atoms with Crippen LogP contribution in [0, 0.1) is 0 Å². The second-order valence-corrected chi connectivity index (χ2v) is 5.00. The second kappa shape index (κ2) is 5.65. The number of carbonyl (C=O) groups excluding carboxylic acids is 2. The fourth-order valence-electron chi connectivity index (χ4n) is 2.34. The highest BCUT2D eigenvalue weighted by atomic mass is 16.2. The average molecular weight is 287 g/mol. The van der Waals surface area contributed by atoms with Gasteiger partial charge in [-0.05, 0) is 5.56 Å². The maximum absolute atomic E-state index is 12.1. The summed E-state index contributed by atoms with van der Waals surface area (Å²) in [4.78, 5) is 24.7. The lowest BCUT2D eigenvalue weighted by molar-refractivity contribution is -0.133. The molecule has 2 aliphatic heterocycles. The van der Waals surface area contributed by atoms with E-state index in [9.17, 15) is 9.59 Å². The van der Waals surface area contributed by atoms with Crippen molar-refractivity contribution in [3.8, 4) is 0 Å². The molecule has 2 saturated heterocycles. The van der Waals surface area contributed by atoms with Gasteiger partial charge in [0.15, 0.2) is 0 Å². The summed E-state index contributed by atoms with van der Waals surface area (Å²) >= 11 is 0. The van der Waals surface area contributed by atoms with Crippen LogP contribution in [0.5, 0.6) is 0 Å². The fourth-order valence-corrected chi connectivity index (χ4v) is 2.34. The Bertz CT molecular complexity index is 574. The number of imide groups is 1. The minimum Gasteiger partial charge on any atom is -0.319 e. The SMILES string of the molecule is CN1C(=O)NC2NNC(/C=C/c3ccccc3)NC2C1=O. The normalized spacial score (nSPS) is 29.4. The summed E-state index contributed by atoms with van der Waals surface area (Å²) in [5, 5.41) is 5.86. The van der Waals surface area contributed by atoms with Gasteiger partial charge in [0.05, 0.1) is 6.17 Å². The number of hydrogen-bond donors (Lipinski definition) is 4. The highest BCUT2D eigenvalue weighted by Crippen LogP contribution is 2.09. The van der Waals surface area contributed by atoms with Gasteiger partial charge in [0.25, 0.3) is 5.91 Å². The Morgan fingerprint density at radius 2 is 1.90 bits per heavy atom. The molecule has 2 heterocycles. The summed E-state index contributed by atoms with van der Waals surface area (Å²) in [6, 6.07) is 8.97. The van der Waals surface area contributed by atoms with Crippen LogP contribution in [0.25, 0.3) is 6.08 Å². The summed E-state index contributed by atoms with van der Waals surface area (Å²) in [6.45, 7) is 0. The largest absolute Gasteiger partial charge is 0.325 e. The summed E-state index contributed by atoms with van der Waals surface area (Å²) in [6.07, 6.45) is 3.21. The predicted octanol–water partition coefficient (Wildman–Crippen LogP) is -0.400. The van der Waals surface area contributed by atoms with Gasteiger partial charge in [-0.15, -0.1) is 0 Å². The molecule has 0 aliphatic carbocycles. The van der Waals surface area contributed by atoms with Gasteiger partial charge in [-0.25, -0.2) is 15.6 Å². The van der Waals surface area contributed by atoms with Crippen LogP contribution in [0.2, 0.25) is 0 Å². The highest BCUT2D eigenvalue weighted by Gasteiger charge is 2.42. The van der Waals surface area contributed by atoms with Crippen molar-refractivity contribution in [1.82, 2.24) is 26.4 Å². The van der Waals surface area contributed by atoms with Crippen LogP contribution in [0.3, 0.4) is 0 Å². The summed E-state index contributed by atoms with van der Waals surface area (Å²) in [7, 11) is 1.46. The average Bonchev–Trinajstić information content (AvgIpc) is 2.52. The Hall–Kier alpha value is -2.22. The first-order valence-electron chi connectivity index (χ1n) is 6.73. The molecule has 7 heteroatoms. The van der Waals surface area contributed by atoms with E-state index < -0.39 is 18.2 Å². The molecule has 7 nitrogen and oxygen atoms in total. The van der Waals surface area contributed by atoms with Gasteiger partial charge < -0.3 is 5.32 Å². The minimum atomic E-state index is -0.501. The molecular formula is C14H17N5O2. The van der Waals surface area contributed by atoms with Gasteiger partial charge >= 0.3 is 6.03 Å². The van der Waals surface area contributed by atoms with Gasteiger partial charge in [0, 0.05) is 7.05 Å². The number of hydrogen-bond acceptors (Lipinski definition) is 5. The van der Waals surface area contributed by atoms with E-state index >= 15 is 0 Å². The van der Waals surface area contributed by atoms with Crippen molar-refractivity contribution in [2.24, 2.45) is 0 Å². The summed E-state index contributed by atoms with van der Waals surface area (Å²) in [5.74, 6) is -0.254. The number of urea groups is 1. The number of nitrogens with one attached hydrogen (secondary N) is 4. The molecule has 2 fully saturated rings. The maximum atomic E-state index is 12.1. The molecule has 3 atom stereocenters. The van der Waals surface area contributed by atoms with Crippen molar-refractivity contribution < 1.29 is 9.59 Å². The third-order valence-corrected chi connectivity index (χ3v) is 3.55. The highest BCUT2D eigenvalue weighted by molar-refractivity contribution is 6.00.